The van der Waals surface area contributed by atoms with Crippen LogP contribution in [0.25, 0.3) is 0 Å². The van der Waals surface area contributed by atoms with Gasteiger partial charge in [0.1, 0.15) is 0 Å². The fourth-order valence-corrected chi connectivity index (χ4v) is 2.65. The van der Waals surface area contributed by atoms with Crippen LogP contribution in [0.15, 0.2) is 0 Å². The molecule has 1 amide bonds. The number of hydrogen-bond donors (Lipinski definition) is 2. The van der Waals surface area contributed by atoms with E-state index in [0.29, 0.717) is 12.0 Å². The standard InChI is InChI=1S/C11H22N2OS/c1-4-9(7-15-3)13-11(14)10-6-12-5-8(10)2/h8-10,12H,4-7H2,1-3H3,(H,13,14)/t8-,9?,10-/m1/s1. The maximum Gasteiger partial charge on any atom is 0.224 e. The molecule has 1 saturated heterocycles. The molecular formula is C11H22N2OS. The van der Waals surface area contributed by atoms with E-state index in [1.807, 2.05) is 0 Å². The van der Waals surface area contributed by atoms with E-state index in [0.717, 1.165) is 25.3 Å². The summed E-state index contributed by atoms with van der Waals surface area (Å²) in [5.74, 6) is 1.88. The lowest BCUT2D eigenvalue weighted by molar-refractivity contribution is -0.126. The molecule has 88 valence electrons. The number of rotatable bonds is 5. The number of nitrogens with one attached hydrogen (secondary N) is 2. The topological polar surface area (TPSA) is 41.1 Å². The second kappa shape index (κ2) is 6.38. The molecule has 4 heteroatoms. The highest BCUT2D eigenvalue weighted by atomic mass is 32.2. The largest absolute Gasteiger partial charge is 0.352 e. The molecule has 1 fully saturated rings. The van der Waals surface area contributed by atoms with Gasteiger partial charge in [-0.1, -0.05) is 13.8 Å². The van der Waals surface area contributed by atoms with Gasteiger partial charge in [-0.05, 0) is 25.1 Å². The normalized spacial score (nSPS) is 27.7. The molecule has 1 aliphatic rings. The van der Waals surface area contributed by atoms with E-state index in [1.165, 1.54) is 0 Å². The highest BCUT2D eigenvalue weighted by Crippen LogP contribution is 2.16. The van der Waals surface area contributed by atoms with Crippen LogP contribution >= 0.6 is 11.8 Å². The number of amides is 1. The van der Waals surface area contributed by atoms with Gasteiger partial charge in [-0.15, -0.1) is 0 Å². The Balaban J connectivity index is 2.39. The minimum absolute atomic E-state index is 0.168. The summed E-state index contributed by atoms with van der Waals surface area (Å²) in [5, 5.41) is 6.40. The average Bonchev–Trinajstić information content (AvgIpc) is 2.63. The van der Waals surface area contributed by atoms with Crippen molar-refractivity contribution in [2.45, 2.75) is 26.3 Å². The van der Waals surface area contributed by atoms with Crippen molar-refractivity contribution in [2.24, 2.45) is 11.8 Å². The van der Waals surface area contributed by atoms with Crippen LogP contribution in [0.4, 0.5) is 0 Å². The number of hydrogen-bond acceptors (Lipinski definition) is 3. The molecular weight excluding hydrogens is 208 g/mol. The Morgan fingerprint density at radius 3 is 2.80 bits per heavy atom. The summed E-state index contributed by atoms with van der Waals surface area (Å²) in [6, 6.07) is 0.334. The van der Waals surface area contributed by atoms with Crippen LogP contribution in [-0.2, 0) is 4.79 Å². The van der Waals surface area contributed by atoms with E-state index in [2.05, 4.69) is 30.7 Å². The van der Waals surface area contributed by atoms with E-state index in [1.54, 1.807) is 11.8 Å². The Bertz CT molecular complexity index is 211. The molecule has 3 atom stereocenters. The first-order valence-corrected chi connectivity index (χ1v) is 7.08. The maximum atomic E-state index is 11.9. The van der Waals surface area contributed by atoms with Gasteiger partial charge in [0.15, 0.2) is 0 Å². The summed E-state index contributed by atoms with van der Waals surface area (Å²) in [6.07, 6.45) is 3.09. The van der Waals surface area contributed by atoms with E-state index in [4.69, 9.17) is 0 Å². The van der Waals surface area contributed by atoms with Crippen molar-refractivity contribution in [3.63, 3.8) is 0 Å². The summed E-state index contributed by atoms with van der Waals surface area (Å²) in [4.78, 5) is 11.9. The van der Waals surface area contributed by atoms with E-state index in [-0.39, 0.29) is 11.8 Å². The van der Waals surface area contributed by atoms with E-state index < -0.39 is 0 Å². The van der Waals surface area contributed by atoms with Gasteiger partial charge < -0.3 is 10.6 Å². The fourth-order valence-electron chi connectivity index (χ4n) is 1.93. The minimum Gasteiger partial charge on any atom is -0.352 e. The Labute approximate surface area is 96.8 Å². The molecule has 2 N–H and O–H groups in total. The first-order valence-electron chi connectivity index (χ1n) is 5.69. The van der Waals surface area contributed by atoms with Gasteiger partial charge in [0.25, 0.3) is 0 Å². The Morgan fingerprint density at radius 2 is 2.33 bits per heavy atom. The minimum atomic E-state index is 0.168. The summed E-state index contributed by atoms with van der Waals surface area (Å²) >= 11 is 1.79. The average molecular weight is 230 g/mol. The summed E-state index contributed by atoms with van der Waals surface area (Å²) < 4.78 is 0. The van der Waals surface area contributed by atoms with E-state index in [9.17, 15) is 4.79 Å². The van der Waals surface area contributed by atoms with Gasteiger partial charge in [0.2, 0.25) is 5.91 Å². The van der Waals surface area contributed by atoms with Crippen molar-refractivity contribution in [3.8, 4) is 0 Å². The smallest absolute Gasteiger partial charge is 0.224 e. The van der Waals surface area contributed by atoms with Gasteiger partial charge in [-0.2, -0.15) is 11.8 Å². The highest BCUT2D eigenvalue weighted by molar-refractivity contribution is 7.98. The molecule has 3 nitrogen and oxygen atoms in total. The predicted octanol–water partition coefficient (Wildman–Crippen LogP) is 1.10. The number of thioether (sulfide) groups is 1. The molecule has 0 aromatic carbocycles. The van der Waals surface area contributed by atoms with Crippen LogP contribution in [0.5, 0.6) is 0 Å². The second-order valence-electron chi connectivity index (χ2n) is 4.31. The molecule has 1 unspecified atom stereocenters. The molecule has 15 heavy (non-hydrogen) atoms. The van der Waals surface area contributed by atoms with Crippen molar-refractivity contribution in [3.05, 3.63) is 0 Å². The molecule has 1 aliphatic heterocycles. The zero-order valence-electron chi connectivity index (χ0n) is 9.88. The van der Waals surface area contributed by atoms with Gasteiger partial charge in [-0.3, -0.25) is 4.79 Å². The van der Waals surface area contributed by atoms with Crippen LogP contribution in [0.3, 0.4) is 0 Å². The lowest BCUT2D eigenvalue weighted by Crippen LogP contribution is -2.42. The number of carbonyl (C=O) groups is 1. The van der Waals surface area contributed by atoms with Crippen LogP contribution in [0.2, 0.25) is 0 Å². The molecule has 1 rings (SSSR count). The first kappa shape index (κ1) is 12.8. The molecule has 0 aromatic rings. The lowest BCUT2D eigenvalue weighted by atomic mass is 9.97. The molecule has 0 bridgehead atoms. The molecule has 0 spiro atoms. The zero-order valence-corrected chi connectivity index (χ0v) is 10.7. The molecule has 0 aliphatic carbocycles. The summed E-state index contributed by atoms with van der Waals surface area (Å²) in [5.41, 5.74) is 0. The van der Waals surface area contributed by atoms with E-state index >= 15 is 0 Å². The first-order chi connectivity index (χ1) is 7.19. The third-order valence-corrected chi connectivity index (χ3v) is 3.80. The Morgan fingerprint density at radius 1 is 1.60 bits per heavy atom. The van der Waals surface area contributed by atoms with Crippen molar-refractivity contribution in [1.29, 1.82) is 0 Å². The van der Waals surface area contributed by atoms with Crippen molar-refractivity contribution in [1.82, 2.24) is 10.6 Å². The van der Waals surface area contributed by atoms with Gasteiger partial charge in [0.05, 0.1) is 5.92 Å². The van der Waals surface area contributed by atoms with Gasteiger partial charge in [-0.25, -0.2) is 0 Å². The maximum absolute atomic E-state index is 11.9. The Hall–Kier alpha value is -0.220. The molecule has 1 heterocycles. The van der Waals surface area contributed by atoms with Gasteiger partial charge >= 0.3 is 0 Å². The molecule has 0 radical (unpaired) electrons. The monoisotopic (exact) mass is 230 g/mol. The van der Waals surface area contributed by atoms with Crippen LogP contribution in [-0.4, -0.2) is 37.0 Å². The predicted molar refractivity (Wildman–Crippen MR) is 66.1 cm³/mol. The second-order valence-corrected chi connectivity index (χ2v) is 5.22. The highest BCUT2D eigenvalue weighted by Gasteiger charge is 2.30. The lowest BCUT2D eigenvalue weighted by Gasteiger charge is -2.20. The molecule has 0 aromatic heterocycles. The quantitative estimate of drug-likeness (QED) is 0.743. The third-order valence-electron chi connectivity index (χ3n) is 3.06. The number of carbonyl (C=O) groups excluding carboxylic acids is 1. The SMILES string of the molecule is CCC(CSC)NC(=O)[C@@H]1CNC[C@H]1C. The molecule has 0 saturated carbocycles. The van der Waals surface area contributed by atoms with Crippen LogP contribution in [0.1, 0.15) is 20.3 Å². The van der Waals surface area contributed by atoms with Crippen LogP contribution in [0, 0.1) is 11.8 Å². The van der Waals surface area contributed by atoms with Crippen LogP contribution < -0.4 is 10.6 Å². The van der Waals surface area contributed by atoms with Crippen molar-refractivity contribution >= 4 is 17.7 Å². The van der Waals surface area contributed by atoms with Gasteiger partial charge in [0, 0.05) is 18.3 Å². The summed E-state index contributed by atoms with van der Waals surface area (Å²) in [6.45, 7) is 6.07. The summed E-state index contributed by atoms with van der Waals surface area (Å²) in [7, 11) is 0. The fraction of sp³-hybridized carbons (Fsp3) is 0.909. The Kier molecular flexibility index (Phi) is 5.47. The zero-order chi connectivity index (χ0) is 11.3. The van der Waals surface area contributed by atoms with Crippen molar-refractivity contribution in [2.75, 3.05) is 25.1 Å². The van der Waals surface area contributed by atoms with Crippen molar-refractivity contribution < 1.29 is 4.79 Å². The third kappa shape index (κ3) is 3.68.